The lowest BCUT2D eigenvalue weighted by Crippen LogP contribution is -2.16. The first kappa shape index (κ1) is 11.3. The molecule has 16 heavy (non-hydrogen) atoms. The highest BCUT2D eigenvalue weighted by atomic mass is 35.5. The second-order valence-electron chi connectivity index (χ2n) is 3.70. The summed E-state index contributed by atoms with van der Waals surface area (Å²) in [6.07, 6.45) is 2.00. The standard InChI is InChI=1S/C12H13ClO3/c1-8-11(13)9(3-2-4-14)7-10-12(8)16-6-5-15-10/h4,7H,2-3,5-6H2,1H3. The minimum absolute atomic E-state index is 0.471. The summed E-state index contributed by atoms with van der Waals surface area (Å²) < 4.78 is 11.0. The first-order chi connectivity index (χ1) is 7.74. The predicted octanol–water partition coefficient (Wildman–Crippen LogP) is 2.55. The number of carbonyl (C=O) groups excluding carboxylic acids is 1. The van der Waals surface area contributed by atoms with Crippen molar-refractivity contribution in [1.29, 1.82) is 0 Å². The molecule has 1 aliphatic rings. The molecule has 0 spiro atoms. The Balaban J connectivity index is 2.39. The fourth-order valence-electron chi connectivity index (χ4n) is 1.79. The van der Waals surface area contributed by atoms with E-state index in [4.69, 9.17) is 21.1 Å². The van der Waals surface area contributed by atoms with Gasteiger partial charge in [-0.25, -0.2) is 0 Å². The van der Waals surface area contributed by atoms with Crippen LogP contribution in [0.4, 0.5) is 0 Å². The normalized spacial score (nSPS) is 13.6. The van der Waals surface area contributed by atoms with Gasteiger partial charge in [-0.2, -0.15) is 0 Å². The summed E-state index contributed by atoms with van der Waals surface area (Å²) in [4.78, 5) is 10.4. The van der Waals surface area contributed by atoms with Crippen LogP contribution in [-0.4, -0.2) is 19.5 Å². The van der Waals surface area contributed by atoms with Crippen LogP contribution in [0.2, 0.25) is 5.02 Å². The van der Waals surface area contributed by atoms with E-state index in [0.717, 1.165) is 28.9 Å². The molecule has 1 heterocycles. The van der Waals surface area contributed by atoms with Crippen LogP contribution in [-0.2, 0) is 11.2 Å². The maximum absolute atomic E-state index is 10.4. The molecule has 0 fully saturated rings. The van der Waals surface area contributed by atoms with Gasteiger partial charge in [0.25, 0.3) is 0 Å². The van der Waals surface area contributed by atoms with Gasteiger partial charge in [0.1, 0.15) is 19.5 Å². The van der Waals surface area contributed by atoms with Crippen LogP contribution in [0.5, 0.6) is 11.5 Å². The molecule has 0 N–H and O–H groups in total. The lowest BCUT2D eigenvalue weighted by molar-refractivity contribution is -0.107. The molecule has 0 radical (unpaired) electrons. The van der Waals surface area contributed by atoms with E-state index in [1.54, 1.807) is 0 Å². The minimum Gasteiger partial charge on any atom is -0.486 e. The summed E-state index contributed by atoms with van der Waals surface area (Å²) in [5.41, 5.74) is 1.83. The maximum Gasteiger partial charge on any atom is 0.165 e. The van der Waals surface area contributed by atoms with E-state index in [1.807, 2.05) is 13.0 Å². The van der Waals surface area contributed by atoms with Gasteiger partial charge in [-0.05, 0) is 25.0 Å². The van der Waals surface area contributed by atoms with Crippen molar-refractivity contribution in [3.05, 3.63) is 22.2 Å². The van der Waals surface area contributed by atoms with E-state index in [0.29, 0.717) is 31.1 Å². The number of aryl methyl sites for hydroxylation is 1. The molecule has 86 valence electrons. The summed E-state index contributed by atoms with van der Waals surface area (Å²) in [6.45, 7) is 3.01. The Morgan fingerprint density at radius 3 is 2.94 bits per heavy atom. The van der Waals surface area contributed by atoms with Crippen LogP contribution < -0.4 is 9.47 Å². The lowest BCUT2D eigenvalue weighted by atomic mass is 10.0. The van der Waals surface area contributed by atoms with E-state index in [9.17, 15) is 4.79 Å². The zero-order valence-corrected chi connectivity index (χ0v) is 9.84. The molecule has 0 aromatic heterocycles. The van der Waals surface area contributed by atoms with Crippen LogP contribution >= 0.6 is 11.6 Å². The summed E-state index contributed by atoms with van der Waals surface area (Å²) in [6, 6.07) is 1.87. The van der Waals surface area contributed by atoms with E-state index in [-0.39, 0.29) is 0 Å². The molecule has 0 bridgehead atoms. The number of hydrogen-bond donors (Lipinski definition) is 0. The number of ether oxygens (including phenoxy) is 2. The Morgan fingerprint density at radius 2 is 2.19 bits per heavy atom. The van der Waals surface area contributed by atoms with E-state index in [1.165, 1.54) is 0 Å². The largest absolute Gasteiger partial charge is 0.486 e. The van der Waals surface area contributed by atoms with Gasteiger partial charge in [-0.1, -0.05) is 11.6 Å². The van der Waals surface area contributed by atoms with Gasteiger partial charge in [0, 0.05) is 12.0 Å². The number of rotatable bonds is 3. The first-order valence-corrected chi connectivity index (χ1v) is 5.63. The van der Waals surface area contributed by atoms with Gasteiger partial charge >= 0.3 is 0 Å². The van der Waals surface area contributed by atoms with E-state index in [2.05, 4.69) is 0 Å². The molecule has 0 saturated carbocycles. The number of fused-ring (bicyclic) bond motifs is 1. The maximum atomic E-state index is 10.4. The smallest absolute Gasteiger partial charge is 0.165 e. The second kappa shape index (κ2) is 4.74. The monoisotopic (exact) mass is 240 g/mol. The zero-order chi connectivity index (χ0) is 11.5. The molecule has 4 heteroatoms. The van der Waals surface area contributed by atoms with Crippen LogP contribution in [0.1, 0.15) is 17.5 Å². The van der Waals surface area contributed by atoms with Crippen molar-refractivity contribution >= 4 is 17.9 Å². The Hall–Kier alpha value is -1.22. The summed E-state index contributed by atoms with van der Waals surface area (Å²) in [5, 5.41) is 0.672. The Bertz CT molecular complexity index is 415. The lowest BCUT2D eigenvalue weighted by Gasteiger charge is -2.22. The Kier molecular flexibility index (Phi) is 3.34. The molecule has 1 aromatic carbocycles. The fourth-order valence-corrected chi connectivity index (χ4v) is 2.03. The average molecular weight is 241 g/mol. The molecule has 0 saturated heterocycles. The van der Waals surface area contributed by atoms with Gasteiger partial charge in [0.05, 0.1) is 5.02 Å². The molecule has 2 rings (SSSR count). The quantitative estimate of drug-likeness (QED) is 0.762. The highest BCUT2D eigenvalue weighted by molar-refractivity contribution is 6.32. The molecule has 0 atom stereocenters. The van der Waals surface area contributed by atoms with Crippen molar-refractivity contribution in [2.24, 2.45) is 0 Å². The fraction of sp³-hybridized carbons (Fsp3) is 0.417. The second-order valence-corrected chi connectivity index (χ2v) is 4.08. The third kappa shape index (κ3) is 2.00. The molecule has 1 aliphatic heterocycles. The van der Waals surface area contributed by atoms with Gasteiger partial charge in [-0.3, -0.25) is 0 Å². The minimum atomic E-state index is 0.471. The highest BCUT2D eigenvalue weighted by Gasteiger charge is 2.19. The van der Waals surface area contributed by atoms with Crippen LogP contribution in [0.25, 0.3) is 0 Å². The van der Waals surface area contributed by atoms with Crippen molar-refractivity contribution in [3.63, 3.8) is 0 Å². The number of halogens is 1. The molecule has 0 amide bonds. The van der Waals surface area contributed by atoms with Gasteiger partial charge in [-0.15, -0.1) is 0 Å². The van der Waals surface area contributed by atoms with Gasteiger partial charge in [0.15, 0.2) is 11.5 Å². The molecule has 1 aromatic rings. The topological polar surface area (TPSA) is 35.5 Å². The Labute approximate surface area is 99.3 Å². The molecular formula is C12H13ClO3. The van der Waals surface area contributed by atoms with Crippen LogP contribution in [0, 0.1) is 6.92 Å². The summed E-state index contributed by atoms with van der Waals surface area (Å²) >= 11 is 6.21. The predicted molar refractivity (Wildman–Crippen MR) is 61.6 cm³/mol. The molecule has 0 aliphatic carbocycles. The SMILES string of the molecule is Cc1c(Cl)c(CCC=O)cc2c1OCCO2. The highest BCUT2D eigenvalue weighted by Crippen LogP contribution is 2.40. The van der Waals surface area contributed by atoms with E-state index < -0.39 is 0 Å². The van der Waals surface area contributed by atoms with Crippen LogP contribution in [0.15, 0.2) is 6.07 Å². The number of hydrogen-bond acceptors (Lipinski definition) is 3. The first-order valence-electron chi connectivity index (χ1n) is 5.25. The zero-order valence-electron chi connectivity index (χ0n) is 9.09. The van der Waals surface area contributed by atoms with Crippen molar-refractivity contribution in [1.82, 2.24) is 0 Å². The molecule has 0 unspecified atom stereocenters. The number of aldehydes is 1. The Morgan fingerprint density at radius 1 is 1.44 bits per heavy atom. The van der Waals surface area contributed by atoms with E-state index >= 15 is 0 Å². The third-order valence-electron chi connectivity index (χ3n) is 2.60. The molecule has 3 nitrogen and oxygen atoms in total. The van der Waals surface area contributed by atoms with Crippen LogP contribution in [0.3, 0.4) is 0 Å². The van der Waals surface area contributed by atoms with Gasteiger partial charge < -0.3 is 14.3 Å². The number of benzene rings is 1. The third-order valence-corrected chi connectivity index (χ3v) is 3.13. The van der Waals surface area contributed by atoms with Crippen molar-refractivity contribution < 1.29 is 14.3 Å². The van der Waals surface area contributed by atoms with Crippen molar-refractivity contribution in [2.45, 2.75) is 19.8 Å². The summed E-state index contributed by atoms with van der Waals surface area (Å²) in [7, 11) is 0. The average Bonchev–Trinajstić information content (AvgIpc) is 2.32. The summed E-state index contributed by atoms with van der Waals surface area (Å²) in [5.74, 6) is 1.46. The number of carbonyl (C=O) groups is 1. The van der Waals surface area contributed by atoms with Crippen molar-refractivity contribution in [2.75, 3.05) is 13.2 Å². The van der Waals surface area contributed by atoms with Gasteiger partial charge in [0.2, 0.25) is 0 Å². The van der Waals surface area contributed by atoms with Crippen molar-refractivity contribution in [3.8, 4) is 11.5 Å². The molecular weight excluding hydrogens is 228 g/mol.